The molecule has 0 fully saturated rings. The van der Waals surface area contributed by atoms with E-state index >= 15 is 0 Å². The fraction of sp³-hybridized carbons (Fsp3) is 0.556. The van der Waals surface area contributed by atoms with Gasteiger partial charge in [0, 0.05) is 5.92 Å². The number of hydrogen-bond donors (Lipinski definition) is 2. The van der Waals surface area contributed by atoms with Crippen LogP contribution in [-0.4, -0.2) is 23.5 Å². The number of carboxylic acid groups (broad SMARTS) is 1. The largest absolute Gasteiger partial charge is 0.480 e. The smallest absolute Gasteiger partial charge is 0.326 e. The number of carbonyl (C=O) groups excluding carboxylic acids is 1. The second kappa shape index (κ2) is 4.64. The van der Waals surface area contributed by atoms with Crippen molar-refractivity contribution in [2.45, 2.75) is 25.3 Å². The SMILES string of the molecule is O=CNC(C(=O)O)C1C=CCCC1. The molecule has 0 aromatic heterocycles. The van der Waals surface area contributed by atoms with Crippen molar-refractivity contribution >= 4 is 12.4 Å². The first-order valence-corrected chi connectivity index (χ1v) is 4.35. The molecular weight excluding hydrogens is 170 g/mol. The van der Waals surface area contributed by atoms with Crippen LogP contribution in [0.1, 0.15) is 19.3 Å². The average Bonchev–Trinajstić information content (AvgIpc) is 2.15. The van der Waals surface area contributed by atoms with Crippen molar-refractivity contribution in [3.8, 4) is 0 Å². The van der Waals surface area contributed by atoms with Crippen molar-refractivity contribution in [3.63, 3.8) is 0 Å². The van der Waals surface area contributed by atoms with E-state index in [2.05, 4.69) is 5.32 Å². The van der Waals surface area contributed by atoms with Gasteiger partial charge in [0.05, 0.1) is 0 Å². The molecule has 1 amide bonds. The summed E-state index contributed by atoms with van der Waals surface area (Å²) in [5, 5.41) is 11.1. The van der Waals surface area contributed by atoms with Gasteiger partial charge in [-0.1, -0.05) is 12.2 Å². The highest BCUT2D eigenvalue weighted by molar-refractivity contribution is 5.76. The molecule has 72 valence electrons. The van der Waals surface area contributed by atoms with E-state index in [1.165, 1.54) is 0 Å². The normalized spacial score (nSPS) is 23.5. The molecule has 0 aromatic rings. The predicted molar refractivity (Wildman–Crippen MR) is 47.1 cm³/mol. The fourth-order valence-electron chi connectivity index (χ4n) is 1.57. The third kappa shape index (κ3) is 2.57. The average molecular weight is 183 g/mol. The summed E-state index contributed by atoms with van der Waals surface area (Å²) >= 11 is 0. The van der Waals surface area contributed by atoms with E-state index in [1.54, 1.807) is 0 Å². The van der Waals surface area contributed by atoms with E-state index in [9.17, 15) is 9.59 Å². The Balaban J connectivity index is 2.62. The third-order valence-electron chi connectivity index (χ3n) is 2.23. The molecular formula is C9H13NO3. The van der Waals surface area contributed by atoms with Gasteiger partial charge in [-0.3, -0.25) is 4.79 Å². The lowest BCUT2D eigenvalue weighted by molar-refractivity contribution is -0.141. The number of carboxylic acids is 1. The highest BCUT2D eigenvalue weighted by Gasteiger charge is 2.26. The molecule has 4 nitrogen and oxygen atoms in total. The number of carbonyl (C=O) groups is 2. The summed E-state index contributed by atoms with van der Waals surface area (Å²) in [5.74, 6) is -1.03. The van der Waals surface area contributed by atoms with E-state index in [-0.39, 0.29) is 5.92 Å². The first-order chi connectivity index (χ1) is 6.25. The molecule has 0 bridgehead atoms. The predicted octanol–water partition coefficient (Wildman–Crippen LogP) is 0.542. The van der Waals surface area contributed by atoms with E-state index in [0.29, 0.717) is 6.41 Å². The zero-order valence-corrected chi connectivity index (χ0v) is 7.27. The molecule has 4 heteroatoms. The van der Waals surface area contributed by atoms with Crippen LogP contribution in [0.4, 0.5) is 0 Å². The van der Waals surface area contributed by atoms with Gasteiger partial charge in [-0.05, 0) is 19.3 Å². The van der Waals surface area contributed by atoms with E-state index in [0.717, 1.165) is 19.3 Å². The van der Waals surface area contributed by atoms with E-state index in [1.807, 2.05) is 12.2 Å². The highest BCUT2D eigenvalue weighted by atomic mass is 16.4. The van der Waals surface area contributed by atoms with Gasteiger partial charge in [0.15, 0.2) is 0 Å². The molecule has 2 atom stereocenters. The molecule has 0 saturated heterocycles. The van der Waals surface area contributed by atoms with Gasteiger partial charge in [-0.15, -0.1) is 0 Å². The molecule has 1 rings (SSSR count). The molecule has 0 saturated carbocycles. The zero-order chi connectivity index (χ0) is 9.68. The van der Waals surface area contributed by atoms with Crippen molar-refractivity contribution < 1.29 is 14.7 Å². The van der Waals surface area contributed by atoms with Crippen molar-refractivity contribution in [3.05, 3.63) is 12.2 Å². The topological polar surface area (TPSA) is 66.4 Å². The van der Waals surface area contributed by atoms with E-state index < -0.39 is 12.0 Å². The van der Waals surface area contributed by atoms with Crippen LogP contribution >= 0.6 is 0 Å². The molecule has 1 aliphatic rings. The quantitative estimate of drug-likeness (QED) is 0.494. The van der Waals surface area contributed by atoms with Crippen LogP contribution in [0.5, 0.6) is 0 Å². The van der Waals surface area contributed by atoms with Gasteiger partial charge in [0.25, 0.3) is 0 Å². The monoisotopic (exact) mass is 183 g/mol. The van der Waals surface area contributed by atoms with E-state index in [4.69, 9.17) is 5.11 Å². The van der Waals surface area contributed by atoms with Crippen LogP contribution in [0, 0.1) is 5.92 Å². The van der Waals surface area contributed by atoms with Crippen LogP contribution in [-0.2, 0) is 9.59 Å². The zero-order valence-electron chi connectivity index (χ0n) is 7.27. The number of hydrogen-bond acceptors (Lipinski definition) is 2. The van der Waals surface area contributed by atoms with Crippen LogP contribution in [0.2, 0.25) is 0 Å². The maximum atomic E-state index is 10.7. The van der Waals surface area contributed by atoms with Crippen molar-refractivity contribution in [2.24, 2.45) is 5.92 Å². The van der Waals surface area contributed by atoms with Crippen molar-refractivity contribution in [1.82, 2.24) is 5.32 Å². The Hall–Kier alpha value is -1.32. The molecule has 2 unspecified atom stereocenters. The van der Waals surface area contributed by atoms with Gasteiger partial charge in [0.1, 0.15) is 6.04 Å². The molecule has 13 heavy (non-hydrogen) atoms. The maximum absolute atomic E-state index is 10.7. The molecule has 0 heterocycles. The summed E-state index contributed by atoms with van der Waals surface area (Å²) in [4.78, 5) is 20.9. The first kappa shape index (κ1) is 9.77. The van der Waals surface area contributed by atoms with Crippen LogP contribution in [0.15, 0.2) is 12.2 Å². The number of nitrogens with one attached hydrogen (secondary N) is 1. The first-order valence-electron chi connectivity index (χ1n) is 4.35. The summed E-state index contributed by atoms with van der Waals surface area (Å²) in [6.07, 6.45) is 7.11. The second-order valence-corrected chi connectivity index (χ2v) is 3.12. The standard InChI is InChI=1S/C9H13NO3/c11-6-10-8(9(12)13)7-4-2-1-3-5-7/h2,4,6-8H,1,3,5H2,(H,10,11)(H,12,13). The third-order valence-corrected chi connectivity index (χ3v) is 2.23. The van der Waals surface area contributed by atoms with Gasteiger partial charge >= 0.3 is 5.97 Å². The molecule has 0 aliphatic heterocycles. The minimum atomic E-state index is -0.969. The molecule has 1 aliphatic carbocycles. The van der Waals surface area contributed by atoms with Gasteiger partial charge in [-0.2, -0.15) is 0 Å². The summed E-state index contributed by atoms with van der Waals surface area (Å²) in [7, 11) is 0. The Bertz CT molecular complexity index is 225. The molecule has 0 spiro atoms. The molecule has 0 aromatic carbocycles. The lowest BCUT2D eigenvalue weighted by Gasteiger charge is -2.22. The van der Waals surface area contributed by atoms with Crippen LogP contribution in [0.3, 0.4) is 0 Å². The number of amides is 1. The van der Waals surface area contributed by atoms with Crippen molar-refractivity contribution in [2.75, 3.05) is 0 Å². The summed E-state index contributed by atoms with van der Waals surface area (Å²) in [6.45, 7) is 0. The Kier molecular flexibility index (Phi) is 3.49. The number of aliphatic carboxylic acids is 1. The summed E-state index contributed by atoms with van der Waals surface area (Å²) in [6, 6.07) is -0.769. The minimum Gasteiger partial charge on any atom is -0.480 e. The van der Waals surface area contributed by atoms with Gasteiger partial charge in [0.2, 0.25) is 6.41 Å². The molecule has 0 radical (unpaired) electrons. The summed E-state index contributed by atoms with van der Waals surface area (Å²) in [5.41, 5.74) is 0. The Morgan fingerprint density at radius 1 is 1.69 bits per heavy atom. The fourth-order valence-corrected chi connectivity index (χ4v) is 1.57. The second-order valence-electron chi connectivity index (χ2n) is 3.12. The van der Waals surface area contributed by atoms with Gasteiger partial charge < -0.3 is 10.4 Å². The number of allylic oxidation sites excluding steroid dienone is 1. The summed E-state index contributed by atoms with van der Waals surface area (Å²) < 4.78 is 0. The van der Waals surface area contributed by atoms with Crippen LogP contribution in [0.25, 0.3) is 0 Å². The lowest BCUT2D eigenvalue weighted by Crippen LogP contribution is -2.41. The minimum absolute atomic E-state index is 0.0588. The highest BCUT2D eigenvalue weighted by Crippen LogP contribution is 2.20. The molecule has 2 N–H and O–H groups in total. The maximum Gasteiger partial charge on any atom is 0.326 e. The number of rotatable bonds is 4. The Labute approximate surface area is 76.6 Å². The Morgan fingerprint density at radius 3 is 2.92 bits per heavy atom. The van der Waals surface area contributed by atoms with Crippen molar-refractivity contribution in [1.29, 1.82) is 0 Å². The van der Waals surface area contributed by atoms with Crippen LogP contribution < -0.4 is 5.32 Å². The Morgan fingerprint density at radius 2 is 2.46 bits per heavy atom. The lowest BCUT2D eigenvalue weighted by atomic mass is 9.89. The van der Waals surface area contributed by atoms with Gasteiger partial charge in [-0.25, -0.2) is 4.79 Å².